The van der Waals surface area contributed by atoms with Gasteiger partial charge in [-0.3, -0.25) is 0 Å². The van der Waals surface area contributed by atoms with E-state index in [0.29, 0.717) is 21.4 Å². The number of benzene rings is 2. The summed E-state index contributed by atoms with van der Waals surface area (Å²) < 4.78 is 5.63. The topological polar surface area (TPSA) is 33.4 Å². The van der Waals surface area contributed by atoms with E-state index >= 15 is 0 Å². The molecule has 3 rings (SSSR count). The number of aliphatic hydroxyl groups is 1. The van der Waals surface area contributed by atoms with Crippen LogP contribution in [0, 0.1) is 0 Å². The molecule has 0 aliphatic heterocycles. The van der Waals surface area contributed by atoms with E-state index in [1.807, 2.05) is 30.3 Å². The average molecular weight is 293 g/mol. The number of furan rings is 1. The Hall–Kier alpha value is -1.48. The van der Waals surface area contributed by atoms with Gasteiger partial charge in [0, 0.05) is 15.4 Å². The SMILES string of the molecule is OC(c1cc(Cl)cc(Cl)c1)c1cc2ccccc2o1. The summed E-state index contributed by atoms with van der Waals surface area (Å²) in [5.74, 6) is 0.472. The van der Waals surface area contributed by atoms with Gasteiger partial charge in [-0.15, -0.1) is 0 Å². The van der Waals surface area contributed by atoms with Crippen molar-refractivity contribution >= 4 is 34.2 Å². The van der Waals surface area contributed by atoms with E-state index in [9.17, 15) is 5.11 Å². The van der Waals surface area contributed by atoms with Crippen LogP contribution in [-0.4, -0.2) is 5.11 Å². The first kappa shape index (κ1) is 12.5. The van der Waals surface area contributed by atoms with Gasteiger partial charge in [-0.1, -0.05) is 41.4 Å². The van der Waals surface area contributed by atoms with E-state index in [1.165, 1.54) is 0 Å². The maximum atomic E-state index is 10.3. The summed E-state index contributed by atoms with van der Waals surface area (Å²) in [6.45, 7) is 0. The summed E-state index contributed by atoms with van der Waals surface area (Å²) >= 11 is 11.9. The van der Waals surface area contributed by atoms with Gasteiger partial charge in [-0.05, 0) is 35.9 Å². The van der Waals surface area contributed by atoms with Crippen LogP contribution in [0.15, 0.2) is 52.9 Å². The molecule has 96 valence electrons. The molecule has 2 nitrogen and oxygen atoms in total. The molecule has 0 aliphatic carbocycles. The Balaban J connectivity index is 2.05. The number of halogens is 2. The monoisotopic (exact) mass is 292 g/mol. The Morgan fingerprint density at radius 2 is 1.63 bits per heavy atom. The zero-order valence-corrected chi connectivity index (χ0v) is 11.3. The van der Waals surface area contributed by atoms with E-state index in [-0.39, 0.29) is 0 Å². The number of para-hydroxylation sites is 1. The largest absolute Gasteiger partial charge is 0.458 e. The van der Waals surface area contributed by atoms with Crippen molar-refractivity contribution in [3.8, 4) is 0 Å². The number of hydrogen-bond acceptors (Lipinski definition) is 2. The second-order valence-corrected chi connectivity index (χ2v) is 5.16. The summed E-state index contributed by atoms with van der Waals surface area (Å²) in [7, 11) is 0. The maximum absolute atomic E-state index is 10.3. The lowest BCUT2D eigenvalue weighted by Crippen LogP contribution is -1.97. The minimum Gasteiger partial charge on any atom is -0.458 e. The van der Waals surface area contributed by atoms with Gasteiger partial charge >= 0.3 is 0 Å². The molecule has 0 fully saturated rings. The predicted octanol–water partition coefficient (Wildman–Crippen LogP) is 4.82. The molecule has 1 atom stereocenters. The lowest BCUT2D eigenvalue weighted by atomic mass is 10.1. The van der Waals surface area contributed by atoms with Crippen molar-refractivity contribution in [1.29, 1.82) is 0 Å². The van der Waals surface area contributed by atoms with E-state index < -0.39 is 6.10 Å². The molecule has 19 heavy (non-hydrogen) atoms. The van der Waals surface area contributed by atoms with Crippen LogP contribution >= 0.6 is 23.2 Å². The number of rotatable bonds is 2. The van der Waals surface area contributed by atoms with Crippen molar-refractivity contribution in [2.75, 3.05) is 0 Å². The van der Waals surface area contributed by atoms with Crippen molar-refractivity contribution in [2.45, 2.75) is 6.10 Å². The normalized spacial score (nSPS) is 12.8. The molecule has 1 aromatic heterocycles. The Bertz CT molecular complexity index is 681. The van der Waals surface area contributed by atoms with Gasteiger partial charge < -0.3 is 9.52 Å². The minimum absolute atomic E-state index is 0.472. The molecular formula is C15H10Cl2O2. The summed E-state index contributed by atoms with van der Waals surface area (Å²) in [5.41, 5.74) is 1.35. The molecule has 0 aliphatic rings. The molecule has 1 N–H and O–H groups in total. The first-order valence-electron chi connectivity index (χ1n) is 5.76. The highest BCUT2D eigenvalue weighted by atomic mass is 35.5. The highest BCUT2D eigenvalue weighted by Crippen LogP contribution is 2.31. The van der Waals surface area contributed by atoms with Crippen LogP contribution in [0.25, 0.3) is 11.0 Å². The van der Waals surface area contributed by atoms with Crippen molar-refractivity contribution in [3.63, 3.8) is 0 Å². The van der Waals surface area contributed by atoms with E-state index in [4.69, 9.17) is 27.6 Å². The van der Waals surface area contributed by atoms with E-state index in [0.717, 1.165) is 11.0 Å². The smallest absolute Gasteiger partial charge is 0.138 e. The summed E-state index contributed by atoms with van der Waals surface area (Å²) in [4.78, 5) is 0. The molecule has 0 amide bonds. The van der Waals surface area contributed by atoms with Gasteiger partial charge in [0.25, 0.3) is 0 Å². The Kier molecular flexibility index (Phi) is 3.23. The zero-order valence-electron chi connectivity index (χ0n) is 9.81. The van der Waals surface area contributed by atoms with Gasteiger partial charge in [-0.25, -0.2) is 0 Å². The van der Waals surface area contributed by atoms with Gasteiger partial charge in [0.15, 0.2) is 0 Å². The molecule has 1 heterocycles. The third-order valence-corrected chi connectivity index (χ3v) is 3.35. The second-order valence-electron chi connectivity index (χ2n) is 4.29. The van der Waals surface area contributed by atoms with Crippen LogP contribution in [0.1, 0.15) is 17.4 Å². The van der Waals surface area contributed by atoms with Crippen LogP contribution in [0.3, 0.4) is 0 Å². The second kappa shape index (κ2) is 4.89. The van der Waals surface area contributed by atoms with Crippen LogP contribution in [0.2, 0.25) is 10.0 Å². The lowest BCUT2D eigenvalue weighted by molar-refractivity contribution is 0.192. The van der Waals surface area contributed by atoms with Gasteiger partial charge in [0.05, 0.1) is 0 Å². The van der Waals surface area contributed by atoms with Crippen LogP contribution in [0.4, 0.5) is 0 Å². The first-order chi connectivity index (χ1) is 9.13. The van der Waals surface area contributed by atoms with Gasteiger partial charge in [0.2, 0.25) is 0 Å². The molecular weight excluding hydrogens is 283 g/mol. The zero-order chi connectivity index (χ0) is 13.4. The van der Waals surface area contributed by atoms with Crippen molar-refractivity contribution in [1.82, 2.24) is 0 Å². The molecule has 2 aromatic carbocycles. The highest BCUT2D eigenvalue weighted by molar-refractivity contribution is 6.34. The highest BCUT2D eigenvalue weighted by Gasteiger charge is 2.16. The van der Waals surface area contributed by atoms with Crippen LogP contribution < -0.4 is 0 Å². The van der Waals surface area contributed by atoms with Gasteiger partial charge in [0.1, 0.15) is 17.4 Å². The van der Waals surface area contributed by atoms with E-state index in [2.05, 4.69) is 0 Å². The molecule has 4 heteroatoms. The molecule has 0 saturated carbocycles. The quantitative estimate of drug-likeness (QED) is 0.734. The fraction of sp³-hybridized carbons (Fsp3) is 0.0667. The number of aliphatic hydroxyl groups excluding tert-OH is 1. The summed E-state index contributed by atoms with van der Waals surface area (Å²) in [5, 5.41) is 12.2. The van der Waals surface area contributed by atoms with Crippen LogP contribution in [-0.2, 0) is 0 Å². The standard InChI is InChI=1S/C15H10Cl2O2/c16-11-5-10(6-12(17)8-11)15(18)14-7-9-3-1-2-4-13(9)19-14/h1-8,15,18H. The fourth-order valence-electron chi connectivity index (χ4n) is 2.03. The Morgan fingerprint density at radius 3 is 2.32 bits per heavy atom. The van der Waals surface area contributed by atoms with Crippen molar-refractivity contribution in [3.05, 3.63) is 69.9 Å². The number of hydrogen-bond donors (Lipinski definition) is 1. The summed E-state index contributed by atoms with van der Waals surface area (Å²) in [6, 6.07) is 14.4. The molecule has 0 saturated heterocycles. The molecule has 0 spiro atoms. The van der Waals surface area contributed by atoms with Crippen molar-refractivity contribution < 1.29 is 9.52 Å². The van der Waals surface area contributed by atoms with E-state index in [1.54, 1.807) is 18.2 Å². The molecule has 0 radical (unpaired) electrons. The molecule has 0 bridgehead atoms. The lowest BCUT2D eigenvalue weighted by Gasteiger charge is -2.08. The van der Waals surface area contributed by atoms with Crippen LogP contribution in [0.5, 0.6) is 0 Å². The fourth-order valence-corrected chi connectivity index (χ4v) is 2.58. The minimum atomic E-state index is -0.886. The third-order valence-electron chi connectivity index (χ3n) is 2.91. The maximum Gasteiger partial charge on any atom is 0.138 e. The van der Waals surface area contributed by atoms with Crippen molar-refractivity contribution in [2.24, 2.45) is 0 Å². The average Bonchev–Trinajstić information content (AvgIpc) is 2.80. The Morgan fingerprint density at radius 1 is 0.947 bits per heavy atom. The number of fused-ring (bicyclic) bond motifs is 1. The Labute approximate surface area is 120 Å². The summed E-state index contributed by atoms with van der Waals surface area (Å²) in [6.07, 6.45) is -0.886. The molecule has 1 unspecified atom stereocenters. The predicted molar refractivity (Wildman–Crippen MR) is 76.7 cm³/mol. The van der Waals surface area contributed by atoms with Gasteiger partial charge in [-0.2, -0.15) is 0 Å². The first-order valence-corrected chi connectivity index (χ1v) is 6.51. The molecule has 3 aromatic rings. The third kappa shape index (κ3) is 2.47.